The second kappa shape index (κ2) is 13.0. The minimum Gasteiger partial charge on any atom is -0.491 e. The van der Waals surface area contributed by atoms with Gasteiger partial charge in [0.25, 0.3) is 11.5 Å². The number of allylic oxidation sites excluding steroid dienone is 1. The van der Waals surface area contributed by atoms with E-state index in [0.29, 0.717) is 41.3 Å². The second-order valence-electron chi connectivity index (χ2n) is 11.3. The summed E-state index contributed by atoms with van der Waals surface area (Å²) < 4.78 is 8.37. The Hall–Kier alpha value is -5.32. The number of hydrogen-bond donors (Lipinski definition) is 2. The monoisotopic (exact) mass is 617 g/mol. The minimum atomic E-state index is -1.90. The van der Waals surface area contributed by atoms with Gasteiger partial charge in [-0.05, 0) is 54.4 Å². The molecular formula is C36H35N5O5. The molecule has 1 unspecified atom stereocenters. The molecule has 0 bridgehead atoms. The Bertz CT molecular complexity index is 1920. The van der Waals surface area contributed by atoms with Crippen molar-refractivity contribution in [3.63, 3.8) is 0 Å². The van der Waals surface area contributed by atoms with Gasteiger partial charge >= 0.3 is 0 Å². The van der Waals surface area contributed by atoms with E-state index in [2.05, 4.69) is 10.3 Å². The van der Waals surface area contributed by atoms with E-state index in [9.17, 15) is 19.8 Å². The first-order valence-electron chi connectivity index (χ1n) is 15.1. The molecule has 10 heteroatoms. The summed E-state index contributed by atoms with van der Waals surface area (Å²) in [5, 5.41) is 30.8. The number of fused-ring (bicyclic) bond motifs is 1. The summed E-state index contributed by atoms with van der Waals surface area (Å²) in [6, 6.07) is 27.4. The van der Waals surface area contributed by atoms with Crippen LogP contribution in [-0.2, 0) is 16.9 Å². The molecule has 234 valence electrons. The van der Waals surface area contributed by atoms with Gasteiger partial charge in [-0.25, -0.2) is 0 Å². The van der Waals surface area contributed by atoms with Crippen LogP contribution in [0, 0.1) is 5.92 Å². The summed E-state index contributed by atoms with van der Waals surface area (Å²) in [5.41, 5.74) is 1.48. The number of aliphatic hydroxyl groups excluding tert-OH is 1. The molecule has 0 saturated carbocycles. The fourth-order valence-electron chi connectivity index (χ4n) is 5.96. The summed E-state index contributed by atoms with van der Waals surface area (Å²) in [6.07, 6.45) is 7.77. The zero-order chi connectivity index (χ0) is 32.3. The highest BCUT2D eigenvalue weighted by molar-refractivity contribution is 6.12. The summed E-state index contributed by atoms with van der Waals surface area (Å²) in [7, 11) is 1.44. The number of carbonyl (C=O) groups excluding carboxylic acids is 1. The molecule has 6 rings (SSSR count). The van der Waals surface area contributed by atoms with Gasteiger partial charge in [-0.1, -0.05) is 72.8 Å². The zero-order valence-corrected chi connectivity index (χ0v) is 25.6. The number of amides is 1. The third-order valence-corrected chi connectivity index (χ3v) is 8.49. The van der Waals surface area contributed by atoms with Crippen LogP contribution in [0.2, 0.25) is 0 Å². The molecule has 0 saturated heterocycles. The van der Waals surface area contributed by atoms with Crippen molar-refractivity contribution >= 4 is 17.3 Å². The lowest BCUT2D eigenvalue weighted by Crippen LogP contribution is -2.42. The average molecular weight is 618 g/mol. The van der Waals surface area contributed by atoms with Gasteiger partial charge < -0.3 is 14.9 Å². The largest absolute Gasteiger partial charge is 0.491 e. The van der Waals surface area contributed by atoms with Crippen LogP contribution in [0.25, 0.3) is 5.69 Å². The van der Waals surface area contributed by atoms with Crippen molar-refractivity contribution in [1.82, 2.24) is 19.6 Å². The van der Waals surface area contributed by atoms with E-state index >= 15 is 0 Å². The minimum absolute atomic E-state index is 0.0810. The van der Waals surface area contributed by atoms with E-state index in [0.717, 1.165) is 5.56 Å². The first kappa shape index (κ1) is 30.7. The highest BCUT2D eigenvalue weighted by Crippen LogP contribution is 2.48. The predicted molar refractivity (Wildman–Crippen MR) is 174 cm³/mol. The summed E-state index contributed by atoms with van der Waals surface area (Å²) in [5.74, 6) is -1.17. The average Bonchev–Trinajstić information content (AvgIpc) is 3.64. The van der Waals surface area contributed by atoms with E-state index in [4.69, 9.17) is 4.74 Å². The van der Waals surface area contributed by atoms with Crippen LogP contribution in [0.4, 0.5) is 11.4 Å². The number of para-hydroxylation sites is 1. The van der Waals surface area contributed by atoms with E-state index in [-0.39, 0.29) is 23.8 Å². The number of rotatable bonds is 11. The number of ether oxygens (including phenoxy) is 1. The smallest absolute Gasteiger partial charge is 0.297 e. The second-order valence-corrected chi connectivity index (χ2v) is 11.3. The molecule has 3 atom stereocenters. The molecule has 0 radical (unpaired) electrons. The van der Waals surface area contributed by atoms with Crippen molar-refractivity contribution in [2.45, 2.75) is 31.4 Å². The van der Waals surface area contributed by atoms with Gasteiger partial charge in [-0.3, -0.25) is 23.7 Å². The molecule has 1 aliphatic rings. The Morgan fingerprint density at radius 1 is 0.957 bits per heavy atom. The number of aliphatic hydroxyl groups is 2. The summed E-state index contributed by atoms with van der Waals surface area (Å²) in [4.78, 5) is 28.7. The number of anilines is 2. The summed E-state index contributed by atoms with van der Waals surface area (Å²) >= 11 is 0. The zero-order valence-electron chi connectivity index (χ0n) is 25.6. The lowest BCUT2D eigenvalue weighted by Gasteiger charge is -2.28. The van der Waals surface area contributed by atoms with Crippen molar-refractivity contribution in [3.8, 4) is 11.4 Å². The van der Waals surface area contributed by atoms with Crippen LogP contribution in [0.15, 0.2) is 120 Å². The highest BCUT2D eigenvalue weighted by Gasteiger charge is 2.53. The third kappa shape index (κ3) is 5.53. The van der Waals surface area contributed by atoms with Crippen LogP contribution in [-0.4, -0.2) is 49.4 Å². The van der Waals surface area contributed by atoms with Gasteiger partial charge in [-0.2, -0.15) is 0 Å². The molecule has 1 aliphatic heterocycles. The normalized spacial score (nSPS) is 17.3. The van der Waals surface area contributed by atoms with E-state index in [1.807, 2.05) is 79.0 Å². The first-order valence-corrected chi connectivity index (χ1v) is 15.1. The molecule has 0 aliphatic carbocycles. The molecule has 1 amide bonds. The fourth-order valence-corrected chi connectivity index (χ4v) is 5.96. The van der Waals surface area contributed by atoms with Crippen molar-refractivity contribution in [3.05, 3.63) is 143 Å². The maximum atomic E-state index is 14.1. The Labute approximate surface area is 266 Å². The van der Waals surface area contributed by atoms with Crippen LogP contribution in [0.5, 0.6) is 5.75 Å². The van der Waals surface area contributed by atoms with Gasteiger partial charge in [0.15, 0.2) is 11.4 Å². The first-order chi connectivity index (χ1) is 22.4. The quantitative estimate of drug-likeness (QED) is 0.206. The lowest BCUT2D eigenvalue weighted by atomic mass is 9.82. The number of nitrogens with zero attached hydrogens (tertiary/aromatic N) is 5. The number of benzene rings is 3. The third-order valence-electron chi connectivity index (χ3n) is 8.49. The summed E-state index contributed by atoms with van der Waals surface area (Å²) in [6.45, 7) is 2.24. The van der Waals surface area contributed by atoms with Crippen molar-refractivity contribution in [2.24, 2.45) is 5.92 Å². The maximum Gasteiger partial charge on any atom is 0.297 e. The van der Waals surface area contributed by atoms with Gasteiger partial charge in [0.2, 0.25) is 0 Å². The molecular weight excluding hydrogens is 582 g/mol. The van der Waals surface area contributed by atoms with Crippen LogP contribution >= 0.6 is 0 Å². The van der Waals surface area contributed by atoms with Crippen LogP contribution in [0.3, 0.4) is 0 Å². The lowest BCUT2D eigenvalue weighted by molar-refractivity contribution is -0.138. The van der Waals surface area contributed by atoms with E-state index in [1.54, 1.807) is 48.1 Å². The molecule has 2 aromatic heterocycles. The number of aryl methyl sites for hydroxylation is 1. The topological polar surface area (TPSA) is 123 Å². The Balaban J connectivity index is 1.26. The molecule has 3 aromatic carbocycles. The number of methoxy groups -OCH3 is 1. The van der Waals surface area contributed by atoms with E-state index in [1.165, 1.54) is 16.6 Å². The van der Waals surface area contributed by atoms with Gasteiger partial charge in [0.1, 0.15) is 0 Å². The van der Waals surface area contributed by atoms with Crippen molar-refractivity contribution in [2.75, 3.05) is 18.6 Å². The molecule has 5 aromatic rings. The molecule has 2 N–H and O–H groups in total. The molecule has 10 nitrogen and oxygen atoms in total. The number of carbonyl (C=O) groups is 1. The van der Waals surface area contributed by atoms with Gasteiger partial charge in [0.05, 0.1) is 31.0 Å². The van der Waals surface area contributed by atoms with Crippen molar-refractivity contribution in [1.29, 1.82) is 0 Å². The van der Waals surface area contributed by atoms with Crippen LogP contribution in [0.1, 0.15) is 36.1 Å². The predicted octanol–water partition coefficient (Wildman–Crippen LogP) is 4.71. The molecule has 46 heavy (non-hydrogen) atoms. The Morgan fingerprint density at radius 3 is 2.41 bits per heavy atom. The van der Waals surface area contributed by atoms with Gasteiger partial charge in [0, 0.05) is 41.8 Å². The highest BCUT2D eigenvalue weighted by atomic mass is 16.5. The number of aromatic nitrogens is 4. The molecule has 3 heterocycles. The number of pyridine rings is 1. The van der Waals surface area contributed by atoms with Crippen molar-refractivity contribution < 1.29 is 19.7 Å². The standard InChI is InChI=1S/C36H35N5O5/c1-25(12-9-10-20-39-23-31(37-38-39)29(24-42)26-13-5-3-6-14-26)36(45)30-22-28(40-21-11-17-33(46-2)34(40)43)18-19-32(30)41(35(36)44)27-15-7-4-8-16-27/h3-9,11-19,21-23,25,29,42,45H,10,20,24H2,1-2H3/b12-9+/t25-,29?,36+/m1/s1. The Kier molecular flexibility index (Phi) is 8.65. The Morgan fingerprint density at radius 2 is 1.70 bits per heavy atom. The van der Waals surface area contributed by atoms with Crippen LogP contribution < -0.4 is 15.2 Å². The molecule has 0 spiro atoms. The van der Waals surface area contributed by atoms with E-state index < -0.39 is 17.4 Å². The SMILES string of the molecule is COc1cccn(-c2ccc3c(c2)[C@@](O)([C@H](C)/C=C/CCn2cc(C(CO)c4ccccc4)nn2)C(=O)N3c2ccccc2)c1=O. The molecule has 0 fully saturated rings. The maximum absolute atomic E-state index is 14.1. The van der Waals surface area contributed by atoms with Gasteiger partial charge in [-0.15, -0.1) is 5.10 Å². The fraction of sp³-hybridized carbons (Fsp3) is 0.222. The number of hydrogen-bond acceptors (Lipinski definition) is 7.